The highest BCUT2D eigenvalue weighted by atomic mass is 16.5. The molecule has 0 atom stereocenters. The fourth-order valence-corrected chi connectivity index (χ4v) is 3.26. The molecule has 0 unspecified atom stereocenters. The lowest BCUT2D eigenvalue weighted by Gasteiger charge is -2.28. The number of aromatic nitrogens is 4. The lowest BCUT2D eigenvalue weighted by Crippen LogP contribution is -2.29. The van der Waals surface area contributed by atoms with Gasteiger partial charge >= 0.3 is 0 Å². The van der Waals surface area contributed by atoms with Gasteiger partial charge in [0.05, 0.1) is 19.4 Å². The van der Waals surface area contributed by atoms with Crippen molar-refractivity contribution >= 4 is 11.9 Å². The Kier molecular flexibility index (Phi) is 7.43. The summed E-state index contributed by atoms with van der Waals surface area (Å²) >= 11 is 0. The molecule has 4 heterocycles. The van der Waals surface area contributed by atoms with Crippen molar-refractivity contribution in [3.8, 4) is 17.0 Å². The van der Waals surface area contributed by atoms with Gasteiger partial charge in [0.15, 0.2) is 0 Å². The molecule has 0 saturated heterocycles. The molecule has 0 aromatic carbocycles. The maximum atomic E-state index is 5.40. The largest absolute Gasteiger partial charge is 0.498 e. The first-order chi connectivity index (χ1) is 15.0. The monoisotopic (exact) mass is 419 g/mol. The Morgan fingerprint density at radius 1 is 1.19 bits per heavy atom. The third-order valence-corrected chi connectivity index (χ3v) is 4.85. The Labute approximate surface area is 183 Å². The average molecular weight is 420 g/mol. The lowest BCUT2D eigenvalue weighted by atomic mass is 9.99. The summed E-state index contributed by atoms with van der Waals surface area (Å²) < 4.78 is 10.6. The number of pyridine rings is 2. The lowest BCUT2D eigenvalue weighted by molar-refractivity contribution is 0.240. The van der Waals surface area contributed by atoms with Gasteiger partial charge in [-0.05, 0) is 51.5 Å². The molecule has 0 radical (unpaired) electrons. The Balaban J connectivity index is 0.000000391. The van der Waals surface area contributed by atoms with Crippen LogP contribution in [-0.4, -0.2) is 40.4 Å². The molecule has 4 rings (SSSR count). The minimum Gasteiger partial charge on any atom is -0.498 e. The Morgan fingerprint density at radius 3 is 2.58 bits per heavy atom. The first kappa shape index (κ1) is 22.1. The quantitative estimate of drug-likeness (QED) is 0.648. The highest BCUT2D eigenvalue weighted by molar-refractivity contribution is 5.78. The molecule has 1 N–H and O–H groups in total. The van der Waals surface area contributed by atoms with E-state index in [9.17, 15) is 0 Å². The first-order valence-electron chi connectivity index (χ1n) is 10.2. The normalized spacial score (nSPS) is 13.3. The molecule has 31 heavy (non-hydrogen) atoms. The number of H-pyrrole nitrogens is 1. The molecule has 3 aromatic heterocycles. The van der Waals surface area contributed by atoms with Crippen LogP contribution >= 0.6 is 0 Å². The molecule has 0 spiro atoms. The molecule has 0 bridgehead atoms. The molecule has 1 aliphatic rings. The Hall–Kier alpha value is -3.61. The van der Waals surface area contributed by atoms with Crippen LogP contribution in [0.1, 0.15) is 30.8 Å². The van der Waals surface area contributed by atoms with E-state index in [-0.39, 0.29) is 0 Å². The Bertz CT molecular complexity index is 1040. The van der Waals surface area contributed by atoms with E-state index in [1.54, 1.807) is 19.6 Å². The fourth-order valence-electron chi connectivity index (χ4n) is 3.26. The second-order valence-corrected chi connectivity index (χ2v) is 7.14. The van der Waals surface area contributed by atoms with Gasteiger partial charge < -0.3 is 14.4 Å². The average Bonchev–Trinajstić information content (AvgIpc) is 3.27. The van der Waals surface area contributed by atoms with Crippen LogP contribution in [0.2, 0.25) is 0 Å². The van der Waals surface area contributed by atoms with Gasteiger partial charge in [-0.3, -0.25) is 5.10 Å². The molecule has 0 saturated carbocycles. The molecule has 1 aliphatic heterocycles. The van der Waals surface area contributed by atoms with E-state index in [1.165, 1.54) is 0 Å². The minimum atomic E-state index is 0.606. The number of nitrogens with one attached hydrogen (secondary N) is 1. The number of hydrogen-bond acceptors (Lipinski definition) is 6. The molecule has 3 aromatic rings. The van der Waals surface area contributed by atoms with E-state index in [4.69, 9.17) is 14.5 Å². The summed E-state index contributed by atoms with van der Waals surface area (Å²) in [7, 11) is 1.62. The smallest absolute Gasteiger partial charge is 0.212 e. The van der Waals surface area contributed by atoms with Crippen LogP contribution < -0.4 is 9.64 Å². The van der Waals surface area contributed by atoms with Crippen LogP contribution in [0.3, 0.4) is 0 Å². The standard InChI is InChI=1S/C20H23N3O2.C4H6N2/c1-5-6-17-15(3)22-19(23-9-10-25-13-14(23)2)11-18(17)16-7-8-20(24-4)21-12-16;1-4-2-3-5-6-4/h5-8,11-13H,9-10H2,1-4H3;2-3H,1H3,(H,5,6)/b6-5-;. The fraction of sp³-hybridized carbons (Fsp3) is 0.292. The van der Waals surface area contributed by atoms with E-state index in [0.29, 0.717) is 12.5 Å². The maximum absolute atomic E-state index is 5.40. The van der Waals surface area contributed by atoms with Crippen molar-refractivity contribution in [1.29, 1.82) is 0 Å². The highest BCUT2D eigenvalue weighted by Gasteiger charge is 2.18. The first-order valence-corrected chi connectivity index (χ1v) is 10.2. The van der Waals surface area contributed by atoms with E-state index in [0.717, 1.165) is 46.1 Å². The van der Waals surface area contributed by atoms with Gasteiger partial charge in [0.1, 0.15) is 18.7 Å². The Morgan fingerprint density at radius 2 is 2.03 bits per heavy atom. The van der Waals surface area contributed by atoms with Crippen LogP contribution in [0.15, 0.2) is 54.7 Å². The SMILES string of the molecule is C/C=C\c1c(-c2ccc(OC)nc2)cc(N2CCOC=C2C)nc1C.Cc1ccn[nH]1. The molecule has 0 aliphatic carbocycles. The number of aromatic amines is 1. The van der Waals surface area contributed by atoms with Crippen LogP contribution in [-0.2, 0) is 4.74 Å². The predicted octanol–water partition coefficient (Wildman–Crippen LogP) is 4.91. The summed E-state index contributed by atoms with van der Waals surface area (Å²) in [5, 5.41) is 6.45. The number of aryl methyl sites for hydroxylation is 2. The summed E-state index contributed by atoms with van der Waals surface area (Å²) in [6.07, 6.45) is 9.48. The minimum absolute atomic E-state index is 0.606. The third-order valence-electron chi connectivity index (χ3n) is 4.85. The second-order valence-electron chi connectivity index (χ2n) is 7.14. The van der Waals surface area contributed by atoms with Crippen molar-refractivity contribution < 1.29 is 9.47 Å². The van der Waals surface area contributed by atoms with Crippen molar-refractivity contribution in [2.45, 2.75) is 27.7 Å². The van der Waals surface area contributed by atoms with E-state index >= 15 is 0 Å². The number of hydrogen-bond donors (Lipinski definition) is 1. The van der Waals surface area contributed by atoms with Crippen LogP contribution in [0, 0.1) is 13.8 Å². The number of rotatable bonds is 4. The van der Waals surface area contributed by atoms with E-state index in [1.807, 2.05) is 58.2 Å². The van der Waals surface area contributed by atoms with E-state index < -0.39 is 0 Å². The zero-order valence-electron chi connectivity index (χ0n) is 18.7. The summed E-state index contributed by atoms with van der Waals surface area (Å²) in [5.41, 5.74) is 6.39. The summed E-state index contributed by atoms with van der Waals surface area (Å²) in [5.74, 6) is 1.53. The summed E-state index contributed by atoms with van der Waals surface area (Å²) in [4.78, 5) is 11.3. The molecular weight excluding hydrogens is 390 g/mol. The van der Waals surface area contributed by atoms with Crippen molar-refractivity contribution in [2.24, 2.45) is 0 Å². The molecule has 0 fully saturated rings. The molecule has 162 valence electrons. The topological polar surface area (TPSA) is 76.2 Å². The number of ether oxygens (including phenoxy) is 2. The summed E-state index contributed by atoms with van der Waals surface area (Å²) in [6, 6.07) is 7.94. The van der Waals surface area contributed by atoms with Gasteiger partial charge in [-0.25, -0.2) is 9.97 Å². The summed E-state index contributed by atoms with van der Waals surface area (Å²) in [6.45, 7) is 9.50. The molecule has 7 nitrogen and oxygen atoms in total. The van der Waals surface area contributed by atoms with Crippen LogP contribution in [0.4, 0.5) is 5.82 Å². The number of allylic oxidation sites excluding steroid dienone is 2. The third kappa shape index (κ3) is 5.51. The number of anilines is 1. The zero-order valence-corrected chi connectivity index (χ0v) is 18.7. The number of nitrogens with zero attached hydrogens (tertiary/aromatic N) is 4. The molecule has 0 amide bonds. The highest BCUT2D eigenvalue weighted by Crippen LogP contribution is 2.32. The van der Waals surface area contributed by atoms with Crippen molar-refractivity contribution in [1.82, 2.24) is 20.2 Å². The van der Waals surface area contributed by atoms with Crippen molar-refractivity contribution in [3.05, 3.63) is 71.6 Å². The van der Waals surface area contributed by atoms with Crippen LogP contribution in [0.5, 0.6) is 5.88 Å². The van der Waals surface area contributed by atoms with Gasteiger partial charge in [-0.2, -0.15) is 5.10 Å². The molecular formula is C24H29N5O2. The predicted molar refractivity (Wildman–Crippen MR) is 124 cm³/mol. The number of methoxy groups -OCH3 is 1. The zero-order chi connectivity index (χ0) is 22.2. The van der Waals surface area contributed by atoms with Gasteiger partial charge in [0.2, 0.25) is 5.88 Å². The second kappa shape index (κ2) is 10.4. The van der Waals surface area contributed by atoms with Crippen molar-refractivity contribution in [2.75, 3.05) is 25.2 Å². The van der Waals surface area contributed by atoms with Gasteiger partial charge in [0.25, 0.3) is 0 Å². The van der Waals surface area contributed by atoms with Crippen molar-refractivity contribution in [3.63, 3.8) is 0 Å². The van der Waals surface area contributed by atoms with Gasteiger partial charge in [-0.15, -0.1) is 0 Å². The maximum Gasteiger partial charge on any atom is 0.212 e. The van der Waals surface area contributed by atoms with Crippen LogP contribution in [0.25, 0.3) is 17.2 Å². The van der Waals surface area contributed by atoms with E-state index in [2.05, 4.69) is 32.2 Å². The molecule has 7 heteroatoms. The van der Waals surface area contributed by atoms with Gasteiger partial charge in [0, 0.05) is 41.0 Å². The van der Waals surface area contributed by atoms with Gasteiger partial charge in [-0.1, -0.05) is 12.2 Å².